The summed E-state index contributed by atoms with van der Waals surface area (Å²) < 4.78 is 5.43. The Kier molecular flexibility index (Phi) is 4.94. The van der Waals surface area contributed by atoms with E-state index in [9.17, 15) is 19.2 Å². The zero-order chi connectivity index (χ0) is 23.4. The fourth-order valence-electron chi connectivity index (χ4n) is 7.15. The van der Waals surface area contributed by atoms with Crippen molar-refractivity contribution in [2.24, 2.45) is 23.2 Å². The molecule has 5 aliphatic rings. The summed E-state index contributed by atoms with van der Waals surface area (Å²) in [5.41, 5.74) is 1.19. The highest BCUT2D eigenvalue weighted by Crippen LogP contribution is 2.60. The summed E-state index contributed by atoms with van der Waals surface area (Å²) in [5.74, 6) is 0.535. The van der Waals surface area contributed by atoms with Crippen molar-refractivity contribution in [2.45, 2.75) is 45.1 Å². The maximum atomic E-state index is 13.1. The van der Waals surface area contributed by atoms with Crippen molar-refractivity contribution < 1.29 is 23.9 Å². The van der Waals surface area contributed by atoms with Crippen molar-refractivity contribution in [3.8, 4) is 0 Å². The summed E-state index contributed by atoms with van der Waals surface area (Å²) in [6.45, 7) is -0.0539. The summed E-state index contributed by atoms with van der Waals surface area (Å²) in [6, 6.07) is 13.7. The molecule has 0 radical (unpaired) electrons. The molecule has 0 aromatic heterocycles. The Bertz CT molecular complexity index is 1170. The number of ether oxygens (including phenoxy) is 1. The van der Waals surface area contributed by atoms with Gasteiger partial charge in [-0.1, -0.05) is 30.3 Å². The number of nitrogens with zero attached hydrogens (tertiary/aromatic N) is 1. The van der Waals surface area contributed by atoms with Crippen LogP contribution in [0.4, 0.5) is 0 Å². The second-order valence-corrected chi connectivity index (χ2v) is 10.6. The number of carbonyl (C=O) groups excluding carboxylic acids is 4. The lowest BCUT2D eigenvalue weighted by Gasteiger charge is -2.55. The molecule has 2 aromatic carbocycles. The summed E-state index contributed by atoms with van der Waals surface area (Å²) in [4.78, 5) is 52.8. The number of hydrogen-bond acceptors (Lipinski definition) is 5. The minimum Gasteiger partial charge on any atom is -0.454 e. The molecule has 4 bridgehead atoms. The van der Waals surface area contributed by atoms with Crippen LogP contribution in [0.2, 0.25) is 0 Å². The number of carbonyl (C=O) groups is 4. The van der Waals surface area contributed by atoms with Gasteiger partial charge in [0, 0.05) is 5.41 Å². The molecule has 7 rings (SSSR count). The first-order valence-corrected chi connectivity index (χ1v) is 12.2. The van der Waals surface area contributed by atoms with Crippen LogP contribution in [-0.2, 0) is 16.1 Å². The number of fused-ring (bicyclic) bond motifs is 1. The van der Waals surface area contributed by atoms with Gasteiger partial charge in [-0.2, -0.15) is 0 Å². The molecule has 6 heteroatoms. The molecule has 0 unspecified atom stereocenters. The van der Waals surface area contributed by atoms with Crippen molar-refractivity contribution >= 4 is 23.6 Å². The predicted octanol–water partition coefficient (Wildman–Crippen LogP) is 4.43. The maximum absolute atomic E-state index is 13.1. The third-order valence-corrected chi connectivity index (χ3v) is 8.35. The number of Topliss-reactive ketones (excluding diaryl/α,β-unsaturated/α-hetero) is 1. The van der Waals surface area contributed by atoms with Crippen LogP contribution in [-0.4, -0.2) is 35.1 Å². The Balaban J connectivity index is 1.13. The lowest BCUT2D eigenvalue weighted by molar-refractivity contribution is -0.147. The average Bonchev–Trinajstić information content (AvgIpc) is 3.06. The monoisotopic (exact) mass is 457 g/mol. The first-order chi connectivity index (χ1) is 16.4. The lowest BCUT2D eigenvalue weighted by Crippen LogP contribution is -2.51. The lowest BCUT2D eigenvalue weighted by atomic mass is 9.48. The topological polar surface area (TPSA) is 80.8 Å². The van der Waals surface area contributed by atoms with Gasteiger partial charge in [-0.25, -0.2) is 4.79 Å². The van der Waals surface area contributed by atoms with Gasteiger partial charge < -0.3 is 4.74 Å². The van der Waals surface area contributed by atoms with Gasteiger partial charge >= 0.3 is 5.97 Å². The van der Waals surface area contributed by atoms with Gasteiger partial charge in [-0.15, -0.1) is 0 Å². The molecular weight excluding hydrogens is 430 g/mol. The van der Waals surface area contributed by atoms with Gasteiger partial charge in [0.25, 0.3) is 11.8 Å². The molecule has 34 heavy (non-hydrogen) atoms. The third kappa shape index (κ3) is 3.47. The van der Waals surface area contributed by atoms with Crippen molar-refractivity contribution in [1.82, 2.24) is 4.90 Å². The van der Waals surface area contributed by atoms with Crippen LogP contribution in [0, 0.1) is 23.2 Å². The second kappa shape index (κ2) is 7.90. The molecule has 2 aromatic rings. The quantitative estimate of drug-likeness (QED) is 0.474. The second-order valence-electron chi connectivity index (χ2n) is 10.6. The molecule has 174 valence electrons. The number of hydrogen-bond donors (Lipinski definition) is 0. The normalized spacial score (nSPS) is 28.8. The van der Waals surface area contributed by atoms with E-state index >= 15 is 0 Å². The molecule has 2 amide bonds. The van der Waals surface area contributed by atoms with Crippen molar-refractivity contribution in [3.63, 3.8) is 0 Å². The maximum Gasteiger partial charge on any atom is 0.338 e. The summed E-state index contributed by atoms with van der Waals surface area (Å²) >= 11 is 0. The zero-order valence-electron chi connectivity index (χ0n) is 19.0. The molecule has 1 heterocycles. The standard InChI is InChI=1S/C28H27NO5/c30-24(28-12-18-8-19(13-28)10-20(9-18)14-28)16-34-27(33)21-6-7-22-23(11-21)26(32)29(25(22)31)15-17-4-2-1-3-5-17/h1-7,11,18-20H,8-10,12-16H2. The van der Waals surface area contributed by atoms with E-state index in [2.05, 4.69) is 0 Å². The number of esters is 1. The van der Waals surface area contributed by atoms with Crippen LogP contribution in [0.15, 0.2) is 48.5 Å². The van der Waals surface area contributed by atoms with Gasteiger partial charge in [0.1, 0.15) is 0 Å². The number of amides is 2. The van der Waals surface area contributed by atoms with Crippen LogP contribution in [0.5, 0.6) is 0 Å². The van der Waals surface area contributed by atoms with E-state index in [1.165, 1.54) is 42.4 Å². The van der Waals surface area contributed by atoms with Crippen molar-refractivity contribution in [2.75, 3.05) is 6.61 Å². The van der Waals surface area contributed by atoms with Crippen LogP contribution in [0.1, 0.15) is 75.2 Å². The van der Waals surface area contributed by atoms with E-state index in [0.29, 0.717) is 17.8 Å². The molecule has 4 saturated carbocycles. The van der Waals surface area contributed by atoms with E-state index in [1.54, 1.807) is 0 Å². The van der Waals surface area contributed by atoms with E-state index < -0.39 is 11.9 Å². The molecule has 4 fully saturated rings. The molecule has 0 N–H and O–H groups in total. The number of benzene rings is 2. The summed E-state index contributed by atoms with van der Waals surface area (Å²) in [5, 5.41) is 0. The molecule has 4 aliphatic carbocycles. The highest BCUT2D eigenvalue weighted by Gasteiger charge is 2.54. The first kappa shape index (κ1) is 21.3. The SMILES string of the molecule is O=C(OCC(=O)C12CC3CC(CC(C3)C1)C2)c1ccc2c(c1)C(=O)N(Cc1ccccc1)C2=O. The zero-order valence-corrected chi connectivity index (χ0v) is 19.0. The minimum atomic E-state index is -0.636. The smallest absolute Gasteiger partial charge is 0.338 e. The van der Waals surface area contributed by atoms with E-state index in [4.69, 9.17) is 4.74 Å². The van der Waals surface area contributed by atoms with Crippen LogP contribution in [0.25, 0.3) is 0 Å². The highest BCUT2D eigenvalue weighted by atomic mass is 16.5. The Labute approximate surface area is 198 Å². The summed E-state index contributed by atoms with van der Waals surface area (Å²) in [6.07, 6.45) is 6.53. The van der Waals surface area contributed by atoms with Crippen molar-refractivity contribution in [1.29, 1.82) is 0 Å². The Morgan fingerprint density at radius 3 is 2.12 bits per heavy atom. The molecular formula is C28H27NO5. The van der Waals surface area contributed by atoms with Gasteiger partial charge in [-0.3, -0.25) is 19.3 Å². The molecule has 0 spiro atoms. The van der Waals surface area contributed by atoms with Gasteiger partial charge in [0.05, 0.1) is 23.2 Å². The Hall–Kier alpha value is -3.28. The minimum absolute atomic E-state index is 0.0430. The number of ketones is 1. The summed E-state index contributed by atoms with van der Waals surface area (Å²) in [7, 11) is 0. The van der Waals surface area contributed by atoms with Crippen molar-refractivity contribution in [3.05, 3.63) is 70.8 Å². The predicted molar refractivity (Wildman–Crippen MR) is 123 cm³/mol. The average molecular weight is 458 g/mol. The van der Waals surface area contributed by atoms with E-state index in [0.717, 1.165) is 24.8 Å². The van der Waals surface area contributed by atoms with Crippen LogP contribution in [0.3, 0.4) is 0 Å². The molecule has 0 atom stereocenters. The van der Waals surface area contributed by atoms with Crippen LogP contribution >= 0.6 is 0 Å². The Morgan fingerprint density at radius 2 is 1.47 bits per heavy atom. The fraction of sp³-hybridized carbons (Fsp3) is 0.429. The molecule has 6 nitrogen and oxygen atoms in total. The van der Waals surface area contributed by atoms with E-state index in [1.807, 2.05) is 30.3 Å². The molecule has 1 aliphatic heterocycles. The largest absolute Gasteiger partial charge is 0.454 e. The van der Waals surface area contributed by atoms with Gasteiger partial charge in [0.2, 0.25) is 0 Å². The van der Waals surface area contributed by atoms with Gasteiger partial charge in [-0.05, 0) is 80.0 Å². The third-order valence-electron chi connectivity index (χ3n) is 8.35. The Morgan fingerprint density at radius 1 is 0.853 bits per heavy atom. The van der Waals surface area contributed by atoms with Gasteiger partial charge in [0.15, 0.2) is 12.4 Å². The number of rotatable bonds is 6. The highest BCUT2D eigenvalue weighted by molar-refractivity contribution is 6.21. The van der Waals surface area contributed by atoms with Crippen LogP contribution < -0.4 is 0 Å². The first-order valence-electron chi connectivity index (χ1n) is 12.2. The number of imide groups is 1. The molecule has 0 saturated heterocycles. The fourth-order valence-corrected chi connectivity index (χ4v) is 7.15. The van der Waals surface area contributed by atoms with E-state index in [-0.39, 0.29) is 46.9 Å².